The molecule has 0 heterocycles. The maximum atomic E-state index is 2.42. The first-order chi connectivity index (χ1) is 12.7. The van der Waals surface area contributed by atoms with E-state index in [2.05, 4.69) is 125 Å². The molecule has 0 heteroatoms. The van der Waals surface area contributed by atoms with Gasteiger partial charge in [0.1, 0.15) is 0 Å². The summed E-state index contributed by atoms with van der Waals surface area (Å²) in [4.78, 5) is 0. The van der Waals surface area contributed by atoms with Gasteiger partial charge >= 0.3 is 0 Å². The fourth-order valence-electron chi connectivity index (χ4n) is 5.25. The normalized spacial score (nSPS) is 15.0. The first-order valence-electron chi connectivity index (χ1n) is 12.0. The maximum absolute atomic E-state index is 2.42. The van der Waals surface area contributed by atoms with Crippen LogP contribution in [0.25, 0.3) is 0 Å². The summed E-state index contributed by atoms with van der Waals surface area (Å²) in [6, 6.07) is 0. The van der Waals surface area contributed by atoms with Crippen LogP contribution in [0.2, 0.25) is 0 Å². The van der Waals surface area contributed by atoms with Crippen LogP contribution in [0.5, 0.6) is 0 Å². The standard InChI is InChI=1S/C30H54/c1-25(2,3)19-20(26(4,5)6)22(28(10,11)12)24(30(16,17)18)23(29(13,14)15)21(19)27(7,8)9/h1-18H3. The van der Waals surface area contributed by atoms with Gasteiger partial charge in [0.05, 0.1) is 0 Å². The molecule has 0 unspecified atom stereocenters. The Morgan fingerprint density at radius 3 is 0.300 bits per heavy atom. The van der Waals surface area contributed by atoms with Gasteiger partial charge in [0.15, 0.2) is 0 Å². The minimum Gasteiger partial charge on any atom is -0.0561 e. The quantitative estimate of drug-likeness (QED) is 0.396. The molecule has 0 aliphatic rings. The van der Waals surface area contributed by atoms with Gasteiger partial charge in [-0.2, -0.15) is 0 Å². The molecule has 0 aliphatic heterocycles. The minimum atomic E-state index is 0.0711. The predicted octanol–water partition coefficient (Wildman–Crippen LogP) is 9.47. The lowest BCUT2D eigenvalue weighted by Gasteiger charge is -2.48. The molecule has 0 bridgehead atoms. The first-order valence-corrected chi connectivity index (χ1v) is 12.0. The summed E-state index contributed by atoms with van der Waals surface area (Å²) in [7, 11) is 0. The SMILES string of the molecule is CC(C)(C)c1c(C(C)(C)C)c(C(C)(C)C)c(C(C)(C)C)c(C(C)(C)C)c1C(C)(C)C. The highest BCUT2D eigenvalue weighted by molar-refractivity contribution is 5.64. The molecule has 0 N–H and O–H groups in total. The van der Waals surface area contributed by atoms with Crippen LogP contribution in [-0.4, -0.2) is 0 Å². The third kappa shape index (κ3) is 5.34. The van der Waals surface area contributed by atoms with Crippen molar-refractivity contribution < 1.29 is 0 Å². The van der Waals surface area contributed by atoms with E-state index in [0.29, 0.717) is 0 Å². The van der Waals surface area contributed by atoms with Gasteiger partial charge in [-0.25, -0.2) is 0 Å². The van der Waals surface area contributed by atoms with Crippen LogP contribution in [0.4, 0.5) is 0 Å². The molecule has 0 amide bonds. The Hall–Kier alpha value is -0.780. The fourth-order valence-corrected chi connectivity index (χ4v) is 5.25. The van der Waals surface area contributed by atoms with E-state index < -0.39 is 0 Å². The highest BCUT2D eigenvalue weighted by atomic mass is 14.5. The summed E-state index contributed by atoms with van der Waals surface area (Å²) in [5.74, 6) is 0. The third-order valence-electron chi connectivity index (χ3n) is 6.00. The van der Waals surface area contributed by atoms with E-state index in [4.69, 9.17) is 0 Å². The van der Waals surface area contributed by atoms with Crippen molar-refractivity contribution in [2.75, 3.05) is 0 Å². The Labute approximate surface area is 190 Å². The van der Waals surface area contributed by atoms with Gasteiger partial charge in [-0.3, -0.25) is 0 Å². The monoisotopic (exact) mass is 414 g/mol. The summed E-state index contributed by atoms with van der Waals surface area (Å²) >= 11 is 0. The first kappa shape index (κ1) is 27.3. The summed E-state index contributed by atoms with van der Waals surface area (Å²) in [6.07, 6.45) is 0. The molecular weight excluding hydrogens is 360 g/mol. The molecule has 0 saturated carbocycles. The predicted molar refractivity (Wildman–Crippen MR) is 139 cm³/mol. The van der Waals surface area contributed by atoms with Gasteiger partial charge in [0.25, 0.3) is 0 Å². The summed E-state index contributed by atoms with van der Waals surface area (Å²) in [6.45, 7) is 43.5. The second kappa shape index (κ2) is 7.38. The smallest absolute Gasteiger partial charge is 0.0126 e. The number of rotatable bonds is 0. The Morgan fingerprint density at radius 1 is 0.200 bits per heavy atom. The molecule has 174 valence electrons. The van der Waals surface area contributed by atoms with Gasteiger partial charge in [-0.1, -0.05) is 125 Å². The van der Waals surface area contributed by atoms with E-state index >= 15 is 0 Å². The van der Waals surface area contributed by atoms with E-state index in [0.717, 1.165) is 0 Å². The van der Waals surface area contributed by atoms with Crippen LogP contribution in [0.15, 0.2) is 0 Å². The molecule has 1 rings (SSSR count). The molecule has 0 nitrogen and oxygen atoms in total. The van der Waals surface area contributed by atoms with Gasteiger partial charge in [0, 0.05) is 0 Å². The van der Waals surface area contributed by atoms with E-state index in [-0.39, 0.29) is 32.5 Å². The second-order valence-corrected chi connectivity index (χ2v) is 15.8. The van der Waals surface area contributed by atoms with Crippen LogP contribution >= 0.6 is 0 Å². The highest BCUT2D eigenvalue weighted by Gasteiger charge is 2.44. The number of hydrogen-bond donors (Lipinski definition) is 0. The van der Waals surface area contributed by atoms with Crippen molar-refractivity contribution in [3.63, 3.8) is 0 Å². The third-order valence-corrected chi connectivity index (χ3v) is 6.00. The Balaban J connectivity index is 4.87. The fraction of sp³-hybridized carbons (Fsp3) is 0.800. The maximum Gasteiger partial charge on any atom is -0.0126 e. The van der Waals surface area contributed by atoms with Crippen molar-refractivity contribution in [1.29, 1.82) is 0 Å². The number of benzene rings is 1. The molecule has 0 radical (unpaired) electrons. The molecule has 0 fully saturated rings. The largest absolute Gasteiger partial charge is 0.0561 e. The van der Waals surface area contributed by atoms with E-state index in [1.807, 2.05) is 0 Å². The topological polar surface area (TPSA) is 0 Å². The molecule has 30 heavy (non-hydrogen) atoms. The van der Waals surface area contributed by atoms with Crippen molar-refractivity contribution in [3.05, 3.63) is 33.4 Å². The molecule has 0 aromatic heterocycles. The zero-order valence-corrected chi connectivity index (χ0v) is 24.0. The highest BCUT2D eigenvalue weighted by Crippen LogP contribution is 2.53. The van der Waals surface area contributed by atoms with Crippen LogP contribution in [0.3, 0.4) is 0 Å². The molecule has 0 spiro atoms. The molecule has 0 atom stereocenters. The molecule has 1 aromatic carbocycles. The lowest BCUT2D eigenvalue weighted by atomic mass is 9.56. The van der Waals surface area contributed by atoms with Crippen LogP contribution in [0.1, 0.15) is 158 Å². The lowest BCUT2D eigenvalue weighted by molar-refractivity contribution is 0.435. The van der Waals surface area contributed by atoms with Crippen molar-refractivity contribution in [3.8, 4) is 0 Å². The Kier molecular flexibility index (Phi) is 6.71. The van der Waals surface area contributed by atoms with Crippen molar-refractivity contribution >= 4 is 0 Å². The van der Waals surface area contributed by atoms with Crippen LogP contribution in [-0.2, 0) is 32.5 Å². The van der Waals surface area contributed by atoms with Gasteiger partial charge in [-0.15, -0.1) is 0 Å². The summed E-state index contributed by atoms with van der Waals surface area (Å²) < 4.78 is 0. The van der Waals surface area contributed by atoms with Gasteiger partial charge < -0.3 is 0 Å². The van der Waals surface area contributed by atoms with Gasteiger partial charge in [0.2, 0.25) is 0 Å². The zero-order chi connectivity index (χ0) is 24.5. The molecule has 1 aromatic rings. The number of hydrogen-bond acceptors (Lipinski definition) is 0. The van der Waals surface area contributed by atoms with Gasteiger partial charge in [-0.05, 0) is 65.9 Å². The molecular formula is C30H54. The molecule has 0 aliphatic carbocycles. The molecule has 0 saturated heterocycles. The van der Waals surface area contributed by atoms with Crippen LogP contribution < -0.4 is 0 Å². The van der Waals surface area contributed by atoms with E-state index in [1.54, 1.807) is 33.4 Å². The van der Waals surface area contributed by atoms with Crippen molar-refractivity contribution in [2.45, 2.75) is 157 Å². The van der Waals surface area contributed by atoms with E-state index in [9.17, 15) is 0 Å². The average Bonchev–Trinajstić information content (AvgIpc) is 2.37. The summed E-state index contributed by atoms with van der Waals surface area (Å²) in [5.41, 5.74) is 9.96. The lowest BCUT2D eigenvalue weighted by Crippen LogP contribution is -2.39. The Morgan fingerprint density at radius 2 is 0.267 bits per heavy atom. The Bertz CT molecular complexity index is 576. The zero-order valence-electron chi connectivity index (χ0n) is 24.0. The van der Waals surface area contributed by atoms with Crippen molar-refractivity contribution in [1.82, 2.24) is 0 Å². The van der Waals surface area contributed by atoms with Crippen LogP contribution in [0, 0.1) is 0 Å². The van der Waals surface area contributed by atoms with E-state index in [1.165, 1.54) is 0 Å². The second-order valence-electron chi connectivity index (χ2n) is 15.8. The minimum absolute atomic E-state index is 0.0711. The van der Waals surface area contributed by atoms with Crippen molar-refractivity contribution in [2.24, 2.45) is 0 Å². The summed E-state index contributed by atoms with van der Waals surface area (Å²) in [5, 5.41) is 0. The average molecular weight is 415 g/mol.